The summed E-state index contributed by atoms with van der Waals surface area (Å²) in [6, 6.07) is 9.84. The fraction of sp³-hybridized carbons (Fsp3) is 0.429. The molecule has 1 aromatic carbocycles. The van der Waals surface area contributed by atoms with Gasteiger partial charge >= 0.3 is 0 Å². The van der Waals surface area contributed by atoms with Gasteiger partial charge < -0.3 is 9.73 Å². The van der Waals surface area contributed by atoms with Crippen LogP contribution in [0.2, 0.25) is 0 Å². The highest BCUT2D eigenvalue weighted by atomic mass is 32.2. The number of nitrogens with one attached hydrogen (secondary N) is 1. The molecule has 0 aliphatic carbocycles. The van der Waals surface area contributed by atoms with Gasteiger partial charge in [-0.15, -0.1) is 0 Å². The maximum absolute atomic E-state index is 11.7. The lowest BCUT2D eigenvalue weighted by Crippen LogP contribution is -2.30. The van der Waals surface area contributed by atoms with Gasteiger partial charge in [0.1, 0.15) is 11.3 Å². The van der Waals surface area contributed by atoms with Crippen molar-refractivity contribution in [1.29, 1.82) is 0 Å². The highest BCUT2D eigenvalue weighted by Gasteiger charge is 2.30. The van der Waals surface area contributed by atoms with Gasteiger partial charge in [-0.3, -0.25) is 0 Å². The first-order valence-electron chi connectivity index (χ1n) is 6.55. The highest BCUT2D eigenvalue weighted by Crippen LogP contribution is 2.20. The van der Waals surface area contributed by atoms with Crippen molar-refractivity contribution >= 4 is 20.8 Å². The van der Waals surface area contributed by atoms with Crippen molar-refractivity contribution in [3.8, 4) is 0 Å². The van der Waals surface area contributed by atoms with Crippen LogP contribution in [0.25, 0.3) is 11.0 Å². The Morgan fingerprint density at radius 2 is 2.16 bits per heavy atom. The van der Waals surface area contributed by atoms with E-state index < -0.39 is 9.84 Å². The van der Waals surface area contributed by atoms with Crippen LogP contribution in [-0.4, -0.2) is 26.0 Å². The number of benzene rings is 1. The van der Waals surface area contributed by atoms with Gasteiger partial charge in [0, 0.05) is 11.9 Å². The Bertz CT molecular complexity index is 642. The van der Waals surface area contributed by atoms with E-state index in [1.165, 1.54) is 0 Å². The summed E-state index contributed by atoms with van der Waals surface area (Å²) in [5.74, 6) is 1.18. The van der Waals surface area contributed by atoms with E-state index in [9.17, 15) is 8.42 Å². The number of hydrogen-bond donors (Lipinski definition) is 1. The summed E-state index contributed by atoms with van der Waals surface area (Å²) in [5.41, 5.74) is 0.868. The summed E-state index contributed by atoms with van der Waals surface area (Å²) in [4.78, 5) is 0. The minimum Gasteiger partial charge on any atom is -0.460 e. The van der Waals surface area contributed by atoms with Crippen LogP contribution >= 0.6 is 0 Å². The molecule has 4 nitrogen and oxygen atoms in total. The van der Waals surface area contributed by atoms with Gasteiger partial charge in [-0.05, 0) is 25.0 Å². The predicted molar refractivity (Wildman–Crippen MR) is 74.7 cm³/mol. The molecule has 0 spiro atoms. The standard InChI is InChI=1S/C14H17NO3S/c16-19(17)7-3-5-13(19)10-15-9-12-8-11-4-1-2-6-14(11)18-12/h1-2,4,6,8,13,15H,3,5,7,9-10H2. The number of para-hydroxylation sites is 1. The number of furan rings is 1. The summed E-state index contributed by atoms with van der Waals surface area (Å²) < 4.78 is 29.0. The van der Waals surface area contributed by atoms with Crippen molar-refractivity contribution in [3.05, 3.63) is 36.1 Å². The number of hydrogen-bond acceptors (Lipinski definition) is 4. The van der Waals surface area contributed by atoms with E-state index in [4.69, 9.17) is 4.42 Å². The first kappa shape index (κ1) is 12.7. The Balaban J connectivity index is 1.60. The molecule has 1 unspecified atom stereocenters. The van der Waals surface area contributed by atoms with Crippen molar-refractivity contribution in [3.63, 3.8) is 0 Å². The van der Waals surface area contributed by atoms with Gasteiger partial charge in [0.25, 0.3) is 0 Å². The summed E-state index contributed by atoms with van der Waals surface area (Å²) in [6.07, 6.45) is 1.56. The van der Waals surface area contributed by atoms with E-state index >= 15 is 0 Å². The SMILES string of the molecule is O=S1(=O)CCCC1CNCc1cc2ccccc2o1. The molecule has 1 atom stereocenters. The molecule has 0 radical (unpaired) electrons. The molecule has 1 N–H and O–H groups in total. The van der Waals surface area contributed by atoms with E-state index in [0.717, 1.165) is 29.6 Å². The van der Waals surface area contributed by atoms with Gasteiger partial charge in [-0.25, -0.2) is 8.42 Å². The molecular formula is C14H17NO3S. The maximum atomic E-state index is 11.7. The third-order valence-corrected chi connectivity index (χ3v) is 5.89. The van der Waals surface area contributed by atoms with Crippen molar-refractivity contribution in [1.82, 2.24) is 5.32 Å². The second-order valence-electron chi connectivity index (χ2n) is 5.01. The maximum Gasteiger partial charge on any atom is 0.154 e. The number of rotatable bonds is 4. The molecular weight excluding hydrogens is 262 g/mol. The van der Waals surface area contributed by atoms with E-state index in [-0.39, 0.29) is 5.25 Å². The first-order chi connectivity index (χ1) is 9.15. The molecule has 1 aromatic heterocycles. The van der Waals surface area contributed by atoms with Gasteiger partial charge in [-0.1, -0.05) is 18.2 Å². The lowest BCUT2D eigenvalue weighted by Gasteiger charge is -2.09. The monoisotopic (exact) mass is 279 g/mol. The van der Waals surface area contributed by atoms with E-state index in [2.05, 4.69) is 5.32 Å². The fourth-order valence-corrected chi connectivity index (χ4v) is 4.37. The molecule has 1 aliphatic heterocycles. The zero-order chi connectivity index (χ0) is 13.3. The Morgan fingerprint density at radius 3 is 2.89 bits per heavy atom. The largest absolute Gasteiger partial charge is 0.460 e. The molecule has 102 valence electrons. The normalized spacial score (nSPS) is 22.0. The smallest absolute Gasteiger partial charge is 0.154 e. The minimum absolute atomic E-state index is 0.225. The third kappa shape index (κ3) is 2.67. The molecule has 0 bridgehead atoms. The van der Waals surface area contributed by atoms with Gasteiger partial charge in [0.05, 0.1) is 17.5 Å². The molecule has 1 saturated heterocycles. The Morgan fingerprint density at radius 1 is 1.32 bits per heavy atom. The summed E-state index contributed by atoms with van der Waals surface area (Å²) in [5, 5.41) is 4.04. The van der Waals surface area contributed by atoms with Crippen molar-refractivity contribution in [2.45, 2.75) is 24.6 Å². The minimum atomic E-state index is -2.86. The van der Waals surface area contributed by atoms with Crippen molar-refractivity contribution in [2.24, 2.45) is 0 Å². The predicted octanol–water partition coefficient (Wildman–Crippen LogP) is 2.10. The van der Waals surface area contributed by atoms with Gasteiger partial charge in [-0.2, -0.15) is 0 Å². The Kier molecular flexibility index (Phi) is 3.33. The molecule has 3 rings (SSSR count). The molecule has 0 amide bonds. The lowest BCUT2D eigenvalue weighted by molar-refractivity contribution is 0.506. The second-order valence-corrected chi connectivity index (χ2v) is 7.41. The quantitative estimate of drug-likeness (QED) is 0.931. The topological polar surface area (TPSA) is 59.3 Å². The van der Waals surface area contributed by atoms with Gasteiger partial charge in [0.15, 0.2) is 9.84 Å². The van der Waals surface area contributed by atoms with E-state index in [1.807, 2.05) is 30.3 Å². The molecule has 1 fully saturated rings. The summed E-state index contributed by atoms with van der Waals surface area (Å²) in [6.45, 7) is 1.08. The van der Waals surface area contributed by atoms with Crippen molar-refractivity contribution in [2.75, 3.05) is 12.3 Å². The van der Waals surface area contributed by atoms with E-state index in [0.29, 0.717) is 18.8 Å². The van der Waals surface area contributed by atoms with Crippen LogP contribution in [0.15, 0.2) is 34.7 Å². The second kappa shape index (κ2) is 4.98. The van der Waals surface area contributed by atoms with Gasteiger partial charge in [0.2, 0.25) is 0 Å². The van der Waals surface area contributed by atoms with Crippen LogP contribution in [0.5, 0.6) is 0 Å². The average Bonchev–Trinajstić information content (AvgIpc) is 2.92. The number of fused-ring (bicyclic) bond motifs is 1. The summed E-state index contributed by atoms with van der Waals surface area (Å²) >= 11 is 0. The fourth-order valence-electron chi connectivity index (χ4n) is 2.57. The van der Waals surface area contributed by atoms with Crippen LogP contribution in [0.3, 0.4) is 0 Å². The van der Waals surface area contributed by atoms with Crippen LogP contribution < -0.4 is 5.32 Å². The van der Waals surface area contributed by atoms with Crippen LogP contribution in [0.1, 0.15) is 18.6 Å². The molecule has 19 heavy (non-hydrogen) atoms. The third-order valence-electron chi connectivity index (χ3n) is 3.61. The van der Waals surface area contributed by atoms with Crippen LogP contribution in [0, 0.1) is 0 Å². The highest BCUT2D eigenvalue weighted by molar-refractivity contribution is 7.92. The molecule has 2 heterocycles. The van der Waals surface area contributed by atoms with Crippen LogP contribution in [-0.2, 0) is 16.4 Å². The van der Waals surface area contributed by atoms with Crippen molar-refractivity contribution < 1.29 is 12.8 Å². The van der Waals surface area contributed by atoms with E-state index in [1.54, 1.807) is 0 Å². The Hall–Kier alpha value is -1.33. The molecule has 1 aliphatic rings. The first-order valence-corrected chi connectivity index (χ1v) is 8.26. The molecule has 0 saturated carbocycles. The molecule has 2 aromatic rings. The van der Waals surface area contributed by atoms with Crippen LogP contribution in [0.4, 0.5) is 0 Å². The lowest BCUT2D eigenvalue weighted by atomic mass is 10.2. The Labute approximate surface area is 112 Å². The zero-order valence-corrected chi connectivity index (χ0v) is 11.4. The number of sulfone groups is 1. The zero-order valence-electron chi connectivity index (χ0n) is 10.6. The average molecular weight is 279 g/mol. The summed E-state index contributed by atoms with van der Waals surface area (Å²) in [7, 11) is -2.86. The molecule has 5 heteroatoms.